The number of nitrogens with one attached hydrogen (secondary N) is 1. The molecular formula is C22H17FN4. The molecule has 0 aliphatic heterocycles. The van der Waals surface area contributed by atoms with Gasteiger partial charge in [-0.15, -0.1) is 5.10 Å². The monoisotopic (exact) mass is 356 g/mol. The summed E-state index contributed by atoms with van der Waals surface area (Å²) in [4.78, 5) is 0. The van der Waals surface area contributed by atoms with E-state index in [2.05, 4.69) is 64.2 Å². The van der Waals surface area contributed by atoms with Gasteiger partial charge >= 0.3 is 0 Å². The second kappa shape index (κ2) is 6.45. The molecule has 5 rings (SSSR count). The van der Waals surface area contributed by atoms with Crippen LogP contribution >= 0.6 is 0 Å². The highest BCUT2D eigenvalue weighted by Gasteiger charge is 2.27. The predicted molar refractivity (Wildman–Crippen MR) is 102 cm³/mol. The number of hydrogen-bond acceptors (Lipinski definition) is 3. The third kappa shape index (κ3) is 2.73. The summed E-state index contributed by atoms with van der Waals surface area (Å²) in [6.07, 6.45) is 1.76. The minimum atomic E-state index is -0.319. The highest BCUT2D eigenvalue weighted by Crippen LogP contribution is 2.43. The van der Waals surface area contributed by atoms with E-state index < -0.39 is 0 Å². The fourth-order valence-electron chi connectivity index (χ4n) is 3.72. The summed E-state index contributed by atoms with van der Waals surface area (Å²) in [6, 6.07) is 23.5. The Balaban J connectivity index is 1.41. The van der Waals surface area contributed by atoms with Crippen molar-refractivity contribution in [3.05, 3.63) is 102 Å². The first-order valence-corrected chi connectivity index (χ1v) is 8.89. The number of nitrogens with zero attached hydrogens (tertiary/aromatic N) is 3. The van der Waals surface area contributed by atoms with Gasteiger partial charge in [0.1, 0.15) is 11.5 Å². The van der Waals surface area contributed by atoms with Crippen LogP contribution in [0.2, 0.25) is 0 Å². The van der Waals surface area contributed by atoms with Crippen molar-refractivity contribution in [3.8, 4) is 16.8 Å². The second-order valence-electron chi connectivity index (χ2n) is 6.59. The Hall–Kier alpha value is -3.31. The van der Waals surface area contributed by atoms with Gasteiger partial charge in [-0.25, -0.2) is 9.07 Å². The van der Waals surface area contributed by atoms with Crippen LogP contribution in [0.1, 0.15) is 22.9 Å². The number of benzene rings is 3. The lowest BCUT2D eigenvalue weighted by atomic mass is 10.1. The van der Waals surface area contributed by atoms with Gasteiger partial charge in [-0.2, -0.15) is 0 Å². The summed E-state index contributed by atoms with van der Waals surface area (Å²) in [5.41, 5.74) is 6.22. The Morgan fingerprint density at radius 3 is 2.19 bits per heavy atom. The van der Waals surface area contributed by atoms with Crippen LogP contribution in [0.15, 0.2) is 79.0 Å². The molecule has 1 aromatic heterocycles. The molecule has 1 aliphatic carbocycles. The van der Waals surface area contributed by atoms with Gasteiger partial charge in [-0.3, -0.25) is 0 Å². The molecular weight excluding hydrogens is 339 g/mol. The number of fused-ring (bicyclic) bond motifs is 3. The first-order chi connectivity index (χ1) is 13.3. The van der Waals surface area contributed by atoms with Gasteiger partial charge in [-0.1, -0.05) is 65.9 Å². The Bertz CT molecular complexity index is 1070. The van der Waals surface area contributed by atoms with E-state index in [1.165, 1.54) is 33.0 Å². The van der Waals surface area contributed by atoms with Crippen molar-refractivity contribution < 1.29 is 4.39 Å². The van der Waals surface area contributed by atoms with Crippen molar-refractivity contribution in [2.75, 3.05) is 0 Å². The maximum Gasteiger partial charge on any atom is 0.148 e. The van der Waals surface area contributed by atoms with E-state index in [0.717, 1.165) is 5.69 Å². The maximum atomic E-state index is 13.9. The zero-order valence-electron chi connectivity index (χ0n) is 14.5. The fourth-order valence-corrected chi connectivity index (χ4v) is 3.72. The highest BCUT2D eigenvalue weighted by atomic mass is 19.1. The van der Waals surface area contributed by atoms with Gasteiger partial charge in [0, 0.05) is 6.54 Å². The molecule has 27 heavy (non-hydrogen) atoms. The van der Waals surface area contributed by atoms with Gasteiger partial charge in [0.2, 0.25) is 0 Å². The third-order valence-corrected chi connectivity index (χ3v) is 4.96. The Labute approximate surface area is 156 Å². The van der Waals surface area contributed by atoms with Crippen molar-refractivity contribution in [1.82, 2.24) is 20.3 Å². The molecule has 3 aromatic carbocycles. The second-order valence-corrected chi connectivity index (χ2v) is 6.59. The van der Waals surface area contributed by atoms with E-state index in [0.29, 0.717) is 12.2 Å². The molecule has 5 heteroatoms. The van der Waals surface area contributed by atoms with Crippen LogP contribution in [-0.2, 0) is 6.54 Å². The molecule has 0 spiro atoms. The van der Waals surface area contributed by atoms with Crippen molar-refractivity contribution in [1.29, 1.82) is 0 Å². The number of hydrogen-bond donors (Lipinski definition) is 1. The van der Waals surface area contributed by atoms with Gasteiger partial charge < -0.3 is 5.32 Å². The molecule has 0 unspecified atom stereocenters. The van der Waals surface area contributed by atoms with Crippen LogP contribution in [0.4, 0.5) is 4.39 Å². The maximum absolute atomic E-state index is 13.9. The molecule has 0 fully saturated rings. The van der Waals surface area contributed by atoms with Crippen LogP contribution < -0.4 is 5.32 Å². The molecule has 0 amide bonds. The number of halogens is 1. The minimum Gasteiger partial charge on any atom is -0.300 e. The van der Waals surface area contributed by atoms with E-state index in [1.54, 1.807) is 24.4 Å². The molecule has 1 heterocycles. The van der Waals surface area contributed by atoms with Gasteiger partial charge in [0.15, 0.2) is 0 Å². The molecule has 0 saturated heterocycles. The summed E-state index contributed by atoms with van der Waals surface area (Å²) in [5, 5.41) is 11.8. The molecule has 1 N–H and O–H groups in total. The van der Waals surface area contributed by atoms with Crippen molar-refractivity contribution in [2.45, 2.75) is 12.6 Å². The number of para-hydroxylation sites is 1. The predicted octanol–water partition coefficient (Wildman–Crippen LogP) is 4.27. The highest BCUT2D eigenvalue weighted by molar-refractivity contribution is 5.78. The lowest BCUT2D eigenvalue weighted by Gasteiger charge is -2.14. The lowest BCUT2D eigenvalue weighted by molar-refractivity contribution is 0.604. The van der Waals surface area contributed by atoms with E-state index in [1.807, 2.05) is 0 Å². The van der Waals surface area contributed by atoms with E-state index in [-0.39, 0.29) is 11.9 Å². The lowest BCUT2D eigenvalue weighted by Crippen LogP contribution is -2.20. The SMILES string of the molecule is Fc1ccccc1-n1cc(CNC2c3ccccc3-c3ccccc32)nn1. The summed E-state index contributed by atoms with van der Waals surface area (Å²) in [5.74, 6) is -0.319. The fraction of sp³-hybridized carbons (Fsp3) is 0.0909. The van der Waals surface area contributed by atoms with Gasteiger partial charge in [-0.05, 0) is 34.4 Å². The van der Waals surface area contributed by atoms with E-state index >= 15 is 0 Å². The van der Waals surface area contributed by atoms with Crippen LogP contribution in [-0.4, -0.2) is 15.0 Å². The Morgan fingerprint density at radius 2 is 1.48 bits per heavy atom. The molecule has 4 nitrogen and oxygen atoms in total. The Kier molecular flexibility index (Phi) is 3.80. The van der Waals surface area contributed by atoms with Crippen LogP contribution in [0.25, 0.3) is 16.8 Å². The van der Waals surface area contributed by atoms with Crippen LogP contribution in [0, 0.1) is 5.82 Å². The van der Waals surface area contributed by atoms with Crippen molar-refractivity contribution >= 4 is 0 Å². The van der Waals surface area contributed by atoms with Crippen LogP contribution in [0.3, 0.4) is 0 Å². The molecule has 0 saturated carbocycles. The topological polar surface area (TPSA) is 42.7 Å². The molecule has 1 aliphatic rings. The Morgan fingerprint density at radius 1 is 0.852 bits per heavy atom. The summed E-state index contributed by atoms with van der Waals surface area (Å²) in [7, 11) is 0. The number of aromatic nitrogens is 3. The molecule has 0 bridgehead atoms. The summed E-state index contributed by atoms with van der Waals surface area (Å²) in [6.45, 7) is 0.543. The molecule has 0 atom stereocenters. The number of rotatable bonds is 4. The average molecular weight is 356 g/mol. The zero-order chi connectivity index (χ0) is 18.2. The zero-order valence-corrected chi connectivity index (χ0v) is 14.5. The average Bonchev–Trinajstić information content (AvgIpc) is 3.30. The molecule has 0 radical (unpaired) electrons. The molecule has 132 valence electrons. The van der Waals surface area contributed by atoms with Crippen molar-refractivity contribution in [3.63, 3.8) is 0 Å². The first kappa shape index (κ1) is 15.9. The quantitative estimate of drug-likeness (QED) is 0.594. The summed E-state index contributed by atoms with van der Waals surface area (Å²) < 4.78 is 15.4. The van der Waals surface area contributed by atoms with Gasteiger partial charge in [0.25, 0.3) is 0 Å². The van der Waals surface area contributed by atoms with Gasteiger partial charge in [0.05, 0.1) is 17.9 Å². The first-order valence-electron chi connectivity index (χ1n) is 8.89. The smallest absolute Gasteiger partial charge is 0.148 e. The van der Waals surface area contributed by atoms with E-state index in [9.17, 15) is 4.39 Å². The largest absolute Gasteiger partial charge is 0.300 e. The molecule has 4 aromatic rings. The van der Waals surface area contributed by atoms with Crippen molar-refractivity contribution in [2.24, 2.45) is 0 Å². The van der Waals surface area contributed by atoms with Crippen LogP contribution in [0.5, 0.6) is 0 Å². The summed E-state index contributed by atoms with van der Waals surface area (Å²) >= 11 is 0. The third-order valence-electron chi connectivity index (χ3n) is 4.96. The normalized spacial score (nSPS) is 12.8. The minimum absolute atomic E-state index is 0.107. The standard InChI is InChI=1S/C22H17FN4/c23-20-11-5-6-12-21(20)27-14-15(25-26-27)13-24-22-18-9-3-1-7-16(18)17-8-2-4-10-19(17)22/h1-12,14,22,24H,13H2. The van der Waals surface area contributed by atoms with E-state index in [4.69, 9.17) is 0 Å².